The van der Waals surface area contributed by atoms with Crippen LogP contribution < -0.4 is 5.32 Å². The van der Waals surface area contributed by atoms with E-state index in [4.69, 9.17) is 4.42 Å². The lowest BCUT2D eigenvalue weighted by atomic mass is 10.3. The Morgan fingerprint density at radius 2 is 2.38 bits per heavy atom. The molecular formula is C11H12N2O2S. The van der Waals surface area contributed by atoms with Crippen LogP contribution in [0.1, 0.15) is 26.1 Å². The molecule has 0 aliphatic carbocycles. The predicted octanol–water partition coefficient (Wildman–Crippen LogP) is 2.28. The fourth-order valence-corrected chi connectivity index (χ4v) is 2.22. The Balaban J connectivity index is 2.01. The van der Waals surface area contributed by atoms with Crippen LogP contribution in [0, 0.1) is 13.8 Å². The zero-order valence-corrected chi connectivity index (χ0v) is 9.93. The van der Waals surface area contributed by atoms with E-state index in [0.29, 0.717) is 12.2 Å². The maximum Gasteiger partial charge on any atom is 0.271 e. The number of furan rings is 1. The van der Waals surface area contributed by atoms with Gasteiger partial charge in [-0.05, 0) is 26.0 Å². The first-order valence-corrected chi connectivity index (χ1v) is 5.73. The smallest absolute Gasteiger partial charge is 0.271 e. The van der Waals surface area contributed by atoms with Crippen molar-refractivity contribution in [1.29, 1.82) is 0 Å². The molecule has 0 aliphatic heterocycles. The van der Waals surface area contributed by atoms with Gasteiger partial charge in [-0.25, -0.2) is 4.98 Å². The molecule has 4 nitrogen and oxygen atoms in total. The van der Waals surface area contributed by atoms with Gasteiger partial charge in [0.25, 0.3) is 5.91 Å². The van der Waals surface area contributed by atoms with E-state index in [9.17, 15) is 4.79 Å². The van der Waals surface area contributed by atoms with Crippen LogP contribution in [0.15, 0.2) is 22.8 Å². The van der Waals surface area contributed by atoms with E-state index >= 15 is 0 Å². The maximum atomic E-state index is 11.8. The molecule has 0 fully saturated rings. The first kappa shape index (κ1) is 10.9. The van der Waals surface area contributed by atoms with Crippen LogP contribution in [-0.2, 0) is 6.54 Å². The van der Waals surface area contributed by atoms with Crippen LogP contribution >= 0.6 is 11.3 Å². The van der Waals surface area contributed by atoms with E-state index in [0.717, 1.165) is 15.6 Å². The molecule has 0 saturated carbocycles. The molecule has 84 valence electrons. The normalized spacial score (nSPS) is 10.4. The van der Waals surface area contributed by atoms with Crippen molar-refractivity contribution >= 4 is 17.2 Å². The summed E-state index contributed by atoms with van der Waals surface area (Å²) in [4.78, 5) is 16.9. The number of rotatable bonds is 3. The number of hydrogen-bond acceptors (Lipinski definition) is 4. The molecular weight excluding hydrogens is 224 g/mol. The van der Waals surface area contributed by atoms with Gasteiger partial charge in [0, 0.05) is 4.88 Å². The highest BCUT2D eigenvalue weighted by Crippen LogP contribution is 2.16. The van der Waals surface area contributed by atoms with Crippen molar-refractivity contribution < 1.29 is 9.21 Å². The highest BCUT2D eigenvalue weighted by molar-refractivity contribution is 7.11. The summed E-state index contributed by atoms with van der Waals surface area (Å²) in [7, 11) is 0. The maximum absolute atomic E-state index is 11.8. The minimum absolute atomic E-state index is 0.154. The standard InChI is InChI=1S/C11H12N2O2S/c1-7-10(13-8(2)16-7)11(14)12-6-9-4-3-5-15-9/h3-5H,6H2,1-2H3,(H,12,14). The SMILES string of the molecule is Cc1nc(C(=O)NCc2ccco2)c(C)s1. The second-order valence-corrected chi connectivity index (χ2v) is 4.81. The topological polar surface area (TPSA) is 55.1 Å². The van der Waals surface area contributed by atoms with E-state index in [2.05, 4.69) is 10.3 Å². The Hall–Kier alpha value is -1.62. The number of hydrogen-bond donors (Lipinski definition) is 1. The fraction of sp³-hybridized carbons (Fsp3) is 0.273. The van der Waals surface area contributed by atoms with Crippen molar-refractivity contribution in [2.24, 2.45) is 0 Å². The van der Waals surface area contributed by atoms with Gasteiger partial charge in [-0.2, -0.15) is 0 Å². The van der Waals surface area contributed by atoms with Gasteiger partial charge in [-0.3, -0.25) is 4.79 Å². The van der Waals surface area contributed by atoms with Crippen molar-refractivity contribution in [3.63, 3.8) is 0 Å². The van der Waals surface area contributed by atoms with Gasteiger partial charge in [-0.1, -0.05) is 0 Å². The lowest BCUT2D eigenvalue weighted by Gasteiger charge is -2.00. The number of thiazole rings is 1. The summed E-state index contributed by atoms with van der Waals surface area (Å²) < 4.78 is 5.12. The summed E-state index contributed by atoms with van der Waals surface area (Å²) >= 11 is 1.53. The summed E-state index contributed by atoms with van der Waals surface area (Å²) in [5.74, 6) is 0.580. The molecule has 0 aliphatic rings. The number of nitrogens with zero attached hydrogens (tertiary/aromatic N) is 1. The monoisotopic (exact) mass is 236 g/mol. The average Bonchev–Trinajstić information content (AvgIpc) is 2.84. The molecule has 16 heavy (non-hydrogen) atoms. The van der Waals surface area contributed by atoms with Crippen molar-refractivity contribution in [1.82, 2.24) is 10.3 Å². The Morgan fingerprint density at radius 1 is 1.56 bits per heavy atom. The second kappa shape index (κ2) is 4.49. The molecule has 5 heteroatoms. The van der Waals surface area contributed by atoms with E-state index in [1.807, 2.05) is 19.9 Å². The Morgan fingerprint density at radius 3 is 2.94 bits per heavy atom. The number of amides is 1. The lowest BCUT2D eigenvalue weighted by Crippen LogP contribution is -2.23. The quantitative estimate of drug-likeness (QED) is 0.889. The van der Waals surface area contributed by atoms with Crippen LogP contribution in [-0.4, -0.2) is 10.9 Å². The van der Waals surface area contributed by atoms with Crippen molar-refractivity contribution in [3.8, 4) is 0 Å². The molecule has 0 bridgehead atoms. The molecule has 1 amide bonds. The molecule has 0 spiro atoms. The zero-order valence-electron chi connectivity index (χ0n) is 9.11. The fourth-order valence-electron chi connectivity index (χ4n) is 1.40. The molecule has 1 N–H and O–H groups in total. The zero-order chi connectivity index (χ0) is 11.5. The molecule has 0 radical (unpaired) electrons. The van der Waals surface area contributed by atoms with Gasteiger partial charge in [-0.15, -0.1) is 11.3 Å². The van der Waals surface area contributed by atoms with Gasteiger partial charge >= 0.3 is 0 Å². The minimum atomic E-state index is -0.154. The van der Waals surface area contributed by atoms with Crippen molar-refractivity contribution in [3.05, 3.63) is 39.7 Å². The van der Waals surface area contributed by atoms with Gasteiger partial charge in [0.05, 0.1) is 17.8 Å². The average molecular weight is 236 g/mol. The van der Waals surface area contributed by atoms with Gasteiger partial charge < -0.3 is 9.73 Å². The molecule has 0 unspecified atom stereocenters. The van der Waals surface area contributed by atoms with Crippen LogP contribution in [0.3, 0.4) is 0 Å². The summed E-state index contributed by atoms with van der Waals surface area (Å²) in [6, 6.07) is 3.61. The van der Waals surface area contributed by atoms with Crippen LogP contribution in [0.2, 0.25) is 0 Å². The van der Waals surface area contributed by atoms with Crippen LogP contribution in [0.25, 0.3) is 0 Å². The molecule has 2 aromatic heterocycles. The number of carbonyl (C=O) groups excluding carboxylic acids is 1. The Bertz CT molecular complexity index is 488. The first-order chi connectivity index (χ1) is 7.66. The Labute approximate surface area is 97.3 Å². The molecule has 2 heterocycles. The highest BCUT2D eigenvalue weighted by Gasteiger charge is 2.13. The molecule has 0 saturated heterocycles. The second-order valence-electron chi connectivity index (χ2n) is 3.40. The molecule has 0 atom stereocenters. The largest absolute Gasteiger partial charge is 0.467 e. The van der Waals surface area contributed by atoms with Crippen molar-refractivity contribution in [2.45, 2.75) is 20.4 Å². The third kappa shape index (κ3) is 2.30. The van der Waals surface area contributed by atoms with Gasteiger partial charge in [0.1, 0.15) is 11.5 Å². The van der Waals surface area contributed by atoms with Gasteiger partial charge in [0.2, 0.25) is 0 Å². The van der Waals surface area contributed by atoms with Crippen LogP contribution in [0.4, 0.5) is 0 Å². The van der Waals surface area contributed by atoms with E-state index < -0.39 is 0 Å². The Kier molecular flexibility index (Phi) is 3.05. The minimum Gasteiger partial charge on any atom is -0.467 e. The van der Waals surface area contributed by atoms with Crippen molar-refractivity contribution in [2.75, 3.05) is 0 Å². The van der Waals surface area contributed by atoms with Gasteiger partial charge in [0.15, 0.2) is 0 Å². The van der Waals surface area contributed by atoms with E-state index in [1.165, 1.54) is 11.3 Å². The number of aromatic nitrogens is 1. The lowest BCUT2D eigenvalue weighted by molar-refractivity contribution is 0.0943. The first-order valence-electron chi connectivity index (χ1n) is 4.91. The summed E-state index contributed by atoms with van der Waals surface area (Å²) in [6.07, 6.45) is 1.58. The third-order valence-corrected chi connectivity index (χ3v) is 3.01. The highest BCUT2D eigenvalue weighted by atomic mass is 32.1. The number of nitrogens with one attached hydrogen (secondary N) is 1. The number of carbonyl (C=O) groups is 1. The summed E-state index contributed by atoms with van der Waals surface area (Å²) in [6.45, 7) is 4.18. The van der Waals surface area contributed by atoms with E-state index in [1.54, 1.807) is 12.3 Å². The third-order valence-electron chi connectivity index (χ3n) is 2.12. The summed E-state index contributed by atoms with van der Waals surface area (Å²) in [5.41, 5.74) is 0.508. The molecule has 2 rings (SSSR count). The van der Waals surface area contributed by atoms with E-state index in [-0.39, 0.29) is 5.91 Å². The molecule has 0 aromatic carbocycles. The summed E-state index contributed by atoms with van der Waals surface area (Å²) in [5, 5.41) is 3.67. The van der Waals surface area contributed by atoms with Crippen LogP contribution in [0.5, 0.6) is 0 Å². The molecule has 2 aromatic rings. The number of aryl methyl sites for hydroxylation is 2. The predicted molar refractivity (Wildman–Crippen MR) is 61.5 cm³/mol.